The number of tetrazole rings is 1. The number of aromatic amines is 1. The number of rotatable bonds is 8. The van der Waals surface area contributed by atoms with Crippen molar-refractivity contribution < 1.29 is 9.59 Å². The maximum Gasteiger partial charge on any atom is 0.251 e. The molecule has 0 radical (unpaired) electrons. The Kier molecular flexibility index (Phi) is 8.59. The fourth-order valence-corrected chi connectivity index (χ4v) is 5.32. The highest BCUT2D eigenvalue weighted by Crippen LogP contribution is 2.32. The number of nitrogens with zero attached hydrogens (tertiary/aromatic N) is 5. The van der Waals surface area contributed by atoms with Crippen molar-refractivity contribution in [1.82, 2.24) is 25.6 Å². The summed E-state index contributed by atoms with van der Waals surface area (Å²) >= 11 is 6.08. The first-order valence-corrected chi connectivity index (χ1v) is 13.7. The van der Waals surface area contributed by atoms with Crippen LogP contribution in [-0.4, -0.2) is 50.0 Å². The highest BCUT2D eigenvalue weighted by Gasteiger charge is 2.35. The quantitative estimate of drug-likeness (QED) is 0.295. The number of nitrogens with one attached hydrogen (secondary N) is 1. The molecule has 10 nitrogen and oxygen atoms in total. The van der Waals surface area contributed by atoms with Gasteiger partial charge < -0.3 is 11.5 Å². The second-order valence-electron chi connectivity index (χ2n) is 10.1. The van der Waals surface area contributed by atoms with Crippen LogP contribution in [0.1, 0.15) is 31.2 Å². The van der Waals surface area contributed by atoms with E-state index in [2.05, 4.69) is 25.6 Å². The van der Waals surface area contributed by atoms with Crippen molar-refractivity contribution in [3.63, 3.8) is 0 Å². The molecule has 2 aromatic heterocycles. The molecule has 0 saturated heterocycles. The Balaban J connectivity index is 1.35. The van der Waals surface area contributed by atoms with Crippen molar-refractivity contribution in [2.24, 2.45) is 23.3 Å². The van der Waals surface area contributed by atoms with Crippen molar-refractivity contribution in [2.45, 2.75) is 38.1 Å². The highest BCUT2D eigenvalue weighted by molar-refractivity contribution is 6.30. The Morgan fingerprint density at radius 3 is 2.30 bits per heavy atom. The van der Waals surface area contributed by atoms with Crippen LogP contribution in [0.25, 0.3) is 22.5 Å². The summed E-state index contributed by atoms with van der Waals surface area (Å²) in [6, 6.07) is 15.6. The molecule has 4 aromatic rings. The topological polar surface area (TPSA) is 157 Å². The summed E-state index contributed by atoms with van der Waals surface area (Å²) in [5.74, 6) is -0.102. The van der Waals surface area contributed by atoms with Gasteiger partial charge in [0.05, 0.1) is 16.8 Å². The highest BCUT2D eigenvalue weighted by atomic mass is 35.5. The molecule has 1 aliphatic carbocycles. The fraction of sp³-hybridized carbons (Fsp3) is 0.310. The molecule has 11 heteroatoms. The minimum atomic E-state index is -0.917. The number of aromatic nitrogens is 5. The molecule has 0 aliphatic heterocycles. The molecule has 1 saturated carbocycles. The molecule has 0 unspecified atom stereocenters. The molecule has 2 aromatic carbocycles. The van der Waals surface area contributed by atoms with Gasteiger partial charge in [-0.25, -0.2) is 4.90 Å². The molecule has 0 bridgehead atoms. The zero-order valence-electron chi connectivity index (χ0n) is 21.9. The van der Waals surface area contributed by atoms with Crippen LogP contribution in [0.2, 0.25) is 5.02 Å². The number of anilines is 1. The SMILES string of the molecule is NCC1CCC(C(=O)N(C(=O)[C@@H](N)Cc2ccc(-c3cncc(Cl)c3)cc2)c2ccc(-c3nn[nH]n3)cc2)CC1. The number of pyridine rings is 1. The number of amides is 2. The van der Waals surface area contributed by atoms with E-state index >= 15 is 0 Å². The molecule has 1 aliphatic rings. The Labute approximate surface area is 237 Å². The molecule has 40 heavy (non-hydrogen) atoms. The third kappa shape index (κ3) is 6.25. The molecule has 2 amide bonds. The number of benzene rings is 2. The van der Waals surface area contributed by atoms with E-state index in [-0.39, 0.29) is 18.2 Å². The van der Waals surface area contributed by atoms with Crippen molar-refractivity contribution in [3.8, 4) is 22.5 Å². The van der Waals surface area contributed by atoms with Gasteiger partial charge in [-0.1, -0.05) is 35.9 Å². The first-order valence-electron chi connectivity index (χ1n) is 13.3. The van der Waals surface area contributed by atoms with Gasteiger partial charge in [-0.3, -0.25) is 14.6 Å². The first-order chi connectivity index (χ1) is 19.4. The predicted octanol–water partition coefficient (Wildman–Crippen LogP) is 3.78. The van der Waals surface area contributed by atoms with Crippen LogP contribution in [0.3, 0.4) is 0 Å². The Hall–Kier alpha value is -3.99. The van der Waals surface area contributed by atoms with E-state index in [4.69, 9.17) is 23.1 Å². The number of carbonyl (C=O) groups is 2. The number of nitrogens with two attached hydrogens (primary N) is 2. The Morgan fingerprint density at radius 1 is 0.975 bits per heavy atom. The Bertz CT molecular complexity index is 1440. The maximum absolute atomic E-state index is 13.8. The summed E-state index contributed by atoms with van der Waals surface area (Å²) < 4.78 is 0. The lowest BCUT2D eigenvalue weighted by atomic mass is 9.81. The van der Waals surface area contributed by atoms with Gasteiger partial charge in [-0.15, -0.1) is 10.2 Å². The molecule has 0 spiro atoms. The normalized spacial score (nSPS) is 17.8. The maximum atomic E-state index is 13.8. The smallest absolute Gasteiger partial charge is 0.251 e. The predicted molar refractivity (Wildman–Crippen MR) is 153 cm³/mol. The summed E-state index contributed by atoms with van der Waals surface area (Å²) in [4.78, 5) is 33.0. The van der Waals surface area contributed by atoms with E-state index in [1.165, 1.54) is 4.90 Å². The first kappa shape index (κ1) is 27.6. The van der Waals surface area contributed by atoms with Gasteiger partial charge in [0.1, 0.15) is 0 Å². The van der Waals surface area contributed by atoms with E-state index in [0.29, 0.717) is 47.4 Å². The average Bonchev–Trinajstić information content (AvgIpc) is 3.53. The number of hydrogen-bond donors (Lipinski definition) is 3. The molecule has 1 atom stereocenters. The third-order valence-electron chi connectivity index (χ3n) is 7.46. The lowest BCUT2D eigenvalue weighted by Gasteiger charge is -2.32. The molecule has 5 rings (SSSR count). The number of imide groups is 1. The second-order valence-corrected chi connectivity index (χ2v) is 10.6. The van der Waals surface area contributed by atoms with Crippen LogP contribution in [0, 0.1) is 11.8 Å². The van der Waals surface area contributed by atoms with E-state index in [9.17, 15) is 9.59 Å². The van der Waals surface area contributed by atoms with Gasteiger partial charge in [0.15, 0.2) is 0 Å². The van der Waals surface area contributed by atoms with Crippen molar-refractivity contribution >= 4 is 29.1 Å². The average molecular weight is 559 g/mol. The number of H-pyrrole nitrogens is 1. The summed E-state index contributed by atoms with van der Waals surface area (Å²) in [5, 5.41) is 14.5. The fourth-order valence-electron chi connectivity index (χ4n) is 5.14. The molecule has 1 fully saturated rings. The minimum absolute atomic E-state index is 0.230. The van der Waals surface area contributed by atoms with Crippen molar-refractivity contribution in [2.75, 3.05) is 11.4 Å². The standard InChI is InChI=1S/C29H31ClN8O2/c30-24-14-23(16-33-17-24)20-5-1-18(2-6-20)13-26(32)29(40)38(28(39)22-7-3-19(15-31)4-8-22)25-11-9-21(10-12-25)27-34-36-37-35-27/h1-2,5-6,9-12,14,16-17,19,22,26H,3-4,7-8,13,15,31-32H2,(H,34,35,36,37)/t19?,22?,26-/m0/s1. The van der Waals surface area contributed by atoms with E-state index < -0.39 is 11.9 Å². The van der Waals surface area contributed by atoms with Crippen LogP contribution >= 0.6 is 11.6 Å². The van der Waals surface area contributed by atoms with Gasteiger partial charge in [-0.2, -0.15) is 5.21 Å². The lowest BCUT2D eigenvalue weighted by molar-refractivity contribution is -0.130. The third-order valence-corrected chi connectivity index (χ3v) is 7.67. The van der Waals surface area contributed by atoms with Crippen molar-refractivity contribution in [1.29, 1.82) is 0 Å². The van der Waals surface area contributed by atoms with Gasteiger partial charge >= 0.3 is 0 Å². The van der Waals surface area contributed by atoms with E-state index in [1.54, 1.807) is 36.7 Å². The summed E-state index contributed by atoms with van der Waals surface area (Å²) in [6.07, 6.45) is 6.72. The van der Waals surface area contributed by atoms with E-state index in [1.807, 2.05) is 30.3 Å². The van der Waals surface area contributed by atoms with Crippen LogP contribution < -0.4 is 16.4 Å². The minimum Gasteiger partial charge on any atom is -0.330 e. The summed E-state index contributed by atoms with van der Waals surface area (Å²) in [6.45, 7) is 0.610. The largest absolute Gasteiger partial charge is 0.330 e. The second kappa shape index (κ2) is 12.5. The van der Waals surface area contributed by atoms with Crippen LogP contribution in [0.5, 0.6) is 0 Å². The van der Waals surface area contributed by atoms with Gasteiger partial charge in [0.2, 0.25) is 11.7 Å². The molecular formula is C29H31ClN8O2. The number of carbonyl (C=O) groups excluding carboxylic acids is 2. The van der Waals surface area contributed by atoms with E-state index in [0.717, 1.165) is 29.5 Å². The van der Waals surface area contributed by atoms with Crippen LogP contribution in [0.15, 0.2) is 67.0 Å². The zero-order valence-corrected chi connectivity index (χ0v) is 22.7. The molecule has 5 N–H and O–H groups in total. The van der Waals surface area contributed by atoms with Crippen molar-refractivity contribution in [3.05, 3.63) is 77.6 Å². The number of hydrogen-bond acceptors (Lipinski definition) is 8. The molecular weight excluding hydrogens is 528 g/mol. The van der Waals surface area contributed by atoms with Gasteiger partial charge in [0.25, 0.3) is 5.91 Å². The molecule has 2 heterocycles. The van der Waals surface area contributed by atoms with Crippen LogP contribution in [0.4, 0.5) is 5.69 Å². The lowest BCUT2D eigenvalue weighted by Crippen LogP contribution is -2.50. The zero-order chi connectivity index (χ0) is 28.1. The summed E-state index contributed by atoms with van der Waals surface area (Å²) in [5.41, 5.74) is 16.2. The summed E-state index contributed by atoms with van der Waals surface area (Å²) in [7, 11) is 0. The number of halogens is 1. The van der Waals surface area contributed by atoms with Gasteiger partial charge in [-0.05, 0) is 91.2 Å². The Morgan fingerprint density at radius 2 is 1.68 bits per heavy atom. The van der Waals surface area contributed by atoms with Crippen LogP contribution in [-0.2, 0) is 16.0 Å². The monoisotopic (exact) mass is 558 g/mol. The molecule has 206 valence electrons. The van der Waals surface area contributed by atoms with Gasteiger partial charge in [0, 0.05) is 29.4 Å².